The number of benzene rings is 2. The molecule has 0 amide bonds. The SMILES string of the molecule is Cc1ccc2c(N=O)cccc2c1N=O. The number of aryl methyl sites for hydroxylation is 1. The van der Waals surface area contributed by atoms with E-state index in [1.54, 1.807) is 37.3 Å². The number of hydrogen-bond donors (Lipinski definition) is 0. The van der Waals surface area contributed by atoms with Crippen molar-refractivity contribution in [1.82, 2.24) is 0 Å². The van der Waals surface area contributed by atoms with Crippen molar-refractivity contribution >= 4 is 22.1 Å². The molecule has 0 aliphatic rings. The molecule has 0 radical (unpaired) electrons. The number of nitrogens with zero attached hydrogens (tertiary/aromatic N) is 2. The van der Waals surface area contributed by atoms with Crippen molar-refractivity contribution in [3.8, 4) is 0 Å². The Balaban J connectivity index is 2.94. The van der Waals surface area contributed by atoms with Crippen LogP contribution in [-0.2, 0) is 0 Å². The lowest BCUT2D eigenvalue weighted by Crippen LogP contribution is -1.78. The zero-order valence-electron chi connectivity index (χ0n) is 8.10. The van der Waals surface area contributed by atoms with Gasteiger partial charge in [-0.15, -0.1) is 9.81 Å². The van der Waals surface area contributed by atoms with Gasteiger partial charge in [-0.05, 0) is 28.9 Å². The molecule has 0 heterocycles. The van der Waals surface area contributed by atoms with E-state index < -0.39 is 0 Å². The van der Waals surface area contributed by atoms with Gasteiger partial charge in [-0.25, -0.2) is 0 Å². The molecule has 0 fully saturated rings. The lowest BCUT2D eigenvalue weighted by atomic mass is 10.0. The second kappa shape index (κ2) is 3.57. The number of nitroso groups, excluding NO2 is 2. The van der Waals surface area contributed by atoms with E-state index in [-0.39, 0.29) is 0 Å². The first-order valence-electron chi connectivity index (χ1n) is 4.47. The first-order valence-corrected chi connectivity index (χ1v) is 4.47. The van der Waals surface area contributed by atoms with Crippen LogP contribution in [0.25, 0.3) is 10.8 Å². The average Bonchev–Trinajstić information content (AvgIpc) is 2.28. The second-order valence-corrected chi connectivity index (χ2v) is 3.29. The van der Waals surface area contributed by atoms with Gasteiger partial charge in [-0.1, -0.05) is 24.3 Å². The quantitative estimate of drug-likeness (QED) is 0.689. The summed E-state index contributed by atoms with van der Waals surface area (Å²) in [5, 5.41) is 7.22. The zero-order chi connectivity index (χ0) is 10.8. The first-order chi connectivity index (χ1) is 7.27. The van der Waals surface area contributed by atoms with Crippen LogP contribution in [0.4, 0.5) is 11.4 Å². The third-order valence-electron chi connectivity index (χ3n) is 2.40. The van der Waals surface area contributed by atoms with Crippen molar-refractivity contribution in [2.75, 3.05) is 0 Å². The molecule has 0 spiro atoms. The fourth-order valence-corrected chi connectivity index (χ4v) is 1.64. The van der Waals surface area contributed by atoms with Crippen LogP contribution < -0.4 is 0 Å². The monoisotopic (exact) mass is 200 g/mol. The van der Waals surface area contributed by atoms with Gasteiger partial charge in [-0.3, -0.25) is 0 Å². The van der Waals surface area contributed by atoms with E-state index in [9.17, 15) is 9.81 Å². The summed E-state index contributed by atoms with van der Waals surface area (Å²) in [6.07, 6.45) is 0. The first kappa shape index (κ1) is 9.45. The highest BCUT2D eigenvalue weighted by atomic mass is 16.3. The average molecular weight is 200 g/mol. The molecule has 0 aliphatic carbocycles. The van der Waals surface area contributed by atoms with Crippen LogP contribution in [0.5, 0.6) is 0 Å². The smallest absolute Gasteiger partial charge is 0.118 e. The lowest BCUT2D eigenvalue weighted by molar-refractivity contribution is 1.41. The standard InChI is InChI=1S/C11H8N2O2/c1-7-5-6-8-9(11(7)13-15)3-2-4-10(8)12-14/h2-6H,1H3. The summed E-state index contributed by atoms with van der Waals surface area (Å²) in [6, 6.07) is 8.59. The van der Waals surface area contributed by atoms with Gasteiger partial charge in [0.1, 0.15) is 11.4 Å². The van der Waals surface area contributed by atoms with Crippen molar-refractivity contribution in [2.45, 2.75) is 6.92 Å². The van der Waals surface area contributed by atoms with Crippen molar-refractivity contribution in [3.63, 3.8) is 0 Å². The Bertz CT molecular complexity index is 550. The van der Waals surface area contributed by atoms with E-state index in [0.29, 0.717) is 22.1 Å². The van der Waals surface area contributed by atoms with Gasteiger partial charge >= 0.3 is 0 Å². The molecule has 15 heavy (non-hydrogen) atoms. The maximum absolute atomic E-state index is 10.7. The molecule has 2 rings (SSSR count). The van der Waals surface area contributed by atoms with Crippen molar-refractivity contribution in [3.05, 3.63) is 45.7 Å². The van der Waals surface area contributed by atoms with Crippen molar-refractivity contribution in [1.29, 1.82) is 0 Å². The fourth-order valence-electron chi connectivity index (χ4n) is 1.64. The van der Waals surface area contributed by atoms with Gasteiger partial charge in [0.2, 0.25) is 0 Å². The normalized spacial score (nSPS) is 10.2. The largest absolute Gasteiger partial charge is 0.145 e. The van der Waals surface area contributed by atoms with Gasteiger partial charge in [-0.2, -0.15) is 0 Å². The maximum Gasteiger partial charge on any atom is 0.118 e. The number of rotatable bonds is 2. The predicted molar refractivity (Wildman–Crippen MR) is 59.6 cm³/mol. The Morgan fingerprint density at radius 3 is 2.40 bits per heavy atom. The molecule has 2 aromatic carbocycles. The number of fused-ring (bicyclic) bond motifs is 1. The third-order valence-corrected chi connectivity index (χ3v) is 2.40. The molecular formula is C11H8N2O2. The second-order valence-electron chi connectivity index (χ2n) is 3.29. The minimum Gasteiger partial charge on any atom is -0.145 e. The van der Waals surface area contributed by atoms with Gasteiger partial charge in [0.05, 0.1) is 0 Å². The molecule has 0 unspecified atom stereocenters. The highest BCUT2D eigenvalue weighted by Gasteiger charge is 2.07. The van der Waals surface area contributed by atoms with E-state index in [4.69, 9.17) is 0 Å². The van der Waals surface area contributed by atoms with Crippen LogP contribution in [0.15, 0.2) is 40.7 Å². The summed E-state index contributed by atoms with van der Waals surface area (Å²) in [5.74, 6) is 0. The molecule has 0 N–H and O–H groups in total. The minimum absolute atomic E-state index is 0.331. The fraction of sp³-hybridized carbons (Fsp3) is 0.0909. The Kier molecular flexibility index (Phi) is 2.25. The molecule has 0 bridgehead atoms. The predicted octanol–water partition coefficient (Wildman–Crippen LogP) is 3.94. The minimum atomic E-state index is 0.331. The van der Waals surface area contributed by atoms with Gasteiger partial charge in [0.15, 0.2) is 0 Å². The van der Waals surface area contributed by atoms with Gasteiger partial charge in [0, 0.05) is 10.8 Å². The van der Waals surface area contributed by atoms with Crippen LogP contribution in [-0.4, -0.2) is 0 Å². The lowest BCUT2D eigenvalue weighted by Gasteiger charge is -2.03. The Labute approximate surface area is 85.9 Å². The molecule has 74 valence electrons. The molecule has 0 saturated carbocycles. The molecular weight excluding hydrogens is 192 g/mol. The molecule has 4 heteroatoms. The van der Waals surface area contributed by atoms with E-state index in [2.05, 4.69) is 10.4 Å². The van der Waals surface area contributed by atoms with Crippen LogP contribution in [0.1, 0.15) is 5.56 Å². The Morgan fingerprint density at radius 1 is 0.933 bits per heavy atom. The summed E-state index contributed by atoms with van der Waals surface area (Å²) >= 11 is 0. The highest BCUT2D eigenvalue weighted by molar-refractivity contribution is 6.00. The number of hydrogen-bond acceptors (Lipinski definition) is 4. The zero-order valence-corrected chi connectivity index (χ0v) is 8.10. The summed E-state index contributed by atoms with van der Waals surface area (Å²) in [7, 11) is 0. The van der Waals surface area contributed by atoms with E-state index in [1.807, 2.05) is 0 Å². The molecule has 0 aromatic heterocycles. The highest BCUT2D eigenvalue weighted by Crippen LogP contribution is 2.34. The molecule has 0 saturated heterocycles. The van der Waals surface area contributed by atoms with Gasteiger partial charge in [0.25, 0.3) is 0 Å². The van der Waals surface area contributed by atoms with Crippen molar-refractivity contribution < 1.29 is 0 Å². The van der Waals surface area contributed by atoms with E-state index in [0.717, 1.165) is 5.56 Å². The van der Waals surface area contributed by atoms with Crippen molar-refractivity contribution in [2.24, 2.45) is 10.4 Å². The van der Waals surface area contributed by atoms with Crippen LogP contribution >= 0.6 is 0 Å². The molecule has 2 aromatic rings. The molecule has 0 atom stereocenters. The van der Waals surface area contributed by atoms with Crippen LogP contribution in [0, 0.1) is 16.7 Å². The summed E-state index contributed by atoms with van der Waals surface area (Å²) in [5.41, 5.74) is 1.50. The molecule has 0 aliphatic heterocycles. The molecule has 4 nitrogen and oxygen atoms in total. The topological polar surface area (TPSA) is 58.9 Å². The van der Waals surface area contributed by atoms with Gasteiger partial charge < -0.3 is 0 Å². The van der Waals surface area contributed by atoms with Crippen LogP contribution in [0.2, 0.25) is 0 Å². The third kappa shape index (κ3) is 1.40. The van der Waals surface area contributed by atoms with E-state index >= 15 is 0 Å². The summed E-state index contributed by atoms with van der Waals surface area (Å²) in [6.45, 7) is 1.80. The Morgan fingerprint density at radius 2 is 1.73 bits per heavy atom. The van der Waals surface area contributed by atoms with E-state index in [1.165, 1.54) is 0 Å². The maximum atomic E-state index is 10.7. The summed E-state index contributed by atoms with van der Waals surface area (Å²) in [4.78, 5) is 21.2. The summed E-state index contributed by atoms with van der Waals surface area (Å²) < 4.78 is 0. The van der Waals surface area contributed by atoms with Crippen LogP contribution in [0.3, 0.4) is 0 Å². The Hall–Kier alpha value is -2.10.